The second-order valence-electron chi connectivity index (χ2n) is 3.06. The molecule has 0 aliphatic rings. The fourth-order valence-corrected chi connectivity index (χ4v) is 1.94. The zero-order chi connectivity index (χ0) is 10.6. The van der Waals surface area contributed by atoms with E-state index < -0.39 is 5.97 Å². The van der Waals surface area contributed by atoms with Crippen LogP contribution in [0.3, 0.4) is 0 Å². The van der Waals surface area contributed by atoms with E-state index in [4.69, 9.17) is 0 Å². The lowest BCUT2D eigenvalue weighted by Gasteiger charge is -1.99. The van der Waals surface area contributed by atoms with Crippen LogP contribution in [0.2, 0.25) is 0 Å². The summed E-state index contributed by atoms with van der Waals surface area (Å²) in [6.07, 6.45) is 0.599. The van der Waals surface area contributed by atoms with Crippen molar-refractivity contribution in [2.24, 2.45) is 0 Å². The lowest BCUT2D eigenvalue weighted by atomic mass is 10.1. The molecule has 0 spiro atoms. The van der Waals surface area contributed by atoms with Crippen LogP contribution in [0.15, 0.2) is 12.1 Å². The van der Waals surface area contributed by atoms with Crippen molar-refractivity contribution in [3.8, 4) is 0 Å². The number of carboxylic acid groups (broad SMARTS) is 1. The van der Waals surface area contributed by atoms with E-state index in [2.05, 4.69) is 0 Å². The van der Waals surface area contributed by atoms with Crippen LogP contribution in [0.1, 0.15) is 33.8 Å². The van der Waals surface area contributed by atoms with E-state index in [1.807, 2.05) is 13.0 Å². The molecule has 0 aromatic carbocycles. The summed E-state index contributed by atoms with van der Waals surface area (Å²) >= 11 is 1.44. The third kappa shape index (κ3) is 3.30. The fraction of sp³-hybridized carbons (Fsp3) is 0.400. The standard InChI is InChI=1S/C10H12O3S/c1-7-5-6-9(14-7)8(11)3-2-4-10(12)13/h5-6H,2-4H2,1H3,(H,12,13)/p-1. The Morgan fingerprint density at radius 3 is 2.57 bits per heavy atom. The first-order valence-corrected chi connectivity index (χ1v) is 5.20. The summed E-state index contributed by atoms with van der Waals surface area (Å²) in [4.78, 5) is 23.3. The molecule has 0 aliphatic carbocycles. The molecule has 76 valence electrons. The van der Waals surface area contributed by atoms with Crippen LogP contribution in [0.25, 0.3) is 0 Å². The lowest BCUT2D eigenvalue weighted by molar-refractivity contribution is -0.305. The highest BCUT2D eigenvalue weighted by Crippen LogP contribution is 2.17. The Labute approximate surface area is 86.4 Å². The molecule has 0 fully saturated rings. The van der Waals surface area contributed by atoms with Gasteiger partial charge < -0.3 is 9.90 Å². The van der Waals surface area contributed by atoms with Gasteiger partial charge in [0, 0.05) is 17.3 Å². The minimum Gasteiger partial charge on any atom is -0.550 e. The number of hydrogen-bond acceptors (Lipinski definition) is 4. The van der Waals surface area contributed by atoms with Gasteiger partial charge in [-0.1, -0.05) is 0 Å². The molecule has 0 N–H and O–H groups in total. The molecule has 0 saturated carbocycles. The number of hydrogen-bond donors (Lipinski definition) is 0. The summed E-state index contributed by atoms with van der Waals surface area (Å²) < 4.78 is 0. The van der Waals surface area contributed by atoms with Gasteiger partial charge in [0.1, 0.15) is 0 Å². The Bertz CT molecular complexity index is 341. The molecular formula is C10H11O3S-. The van der Waals surface area contributed by atoms with Crippen LogP contribution < -0.4 is 5.11 Å². The number of ketones is 1. The molecule has 0 atom stereocenters. The molecule has 0 unspecified atom stereocenters. The quantitative estimate of drug-likeness (QED) is 0.687. The summed E-state index contributed by atoms with van der Waals surface area (Å²) in [5, 5.41) is 10.1. The summed E-state index contributed by atoms with van der Waals surface area (Å²) in [7, 11) is 0. The monoisotopic (exact) mass is 211 g/mol. The molecule has 1 aromatic rings. The first-order valence-electron chi connectivity index (χ1n) is 4.39. The van der Waals surface area contributed by atoms with Gasteiger partial charge in [0.05, 0.1) is 4.88 Å². The highest BCUT2D eigenvalue weighted by atomic mass is 32.1. The smallest absolute Gasteiger partial charge is 0.172 e. The lowest BCUT2D eigenvalue weighted by Crippen LogP contribution is -2.21. The molecule has 0 saturated heterocycles. The highest BCUT2D eigenvalue weighted by Gasteiger charge is 2.07. The Kier molecular flexibility index (Phi) is 3.83. The largest absolute Gasteiger partial charge is 0.550 e. The number of carbonyl (C=O) groups is 2. The molecule has 4 heteroatoms. The Balaban J connectivity index is 2.39. The van der Waals surface area contributed by atoms with E-state index in [1.165, 1.54) is 11.3 Å². The maximum absolute atomic E-state index is 11.4. The first kappa shape index (κ1) is 10.9. The average molecular weight is 211 g/mol. The van der Waals surface area contributed by atoms with Crippen molar-refractivity contribution >= 4 is 23.1 Å². The van der Waals surface area contributed by atoms with Crippen molar-refractivity contribution in [3.05, 3.63) is 21.9 Å². The van der Waals surface area contributed by atoms with Crippen LogP contribution in [0.4, 0.5) is 0 Å². The zero-order valence-electron chi connectivity index (χ0n) is 7.91. The van der Waals surface area contributed by atoms with Crippen LogP contribution in [0, 0.1) is 6.92 Å². The summed E-state index contributed by atoms with van der Waals surface area (Å²) in [5.41, 5.74) is 0. The van der Waals surface area contributed by atoms with Gasteiger partial charge in [-0.2, -0.15) is 0 Å². The van der Waals surface area contributed by atoms with Crippen molar-refractivity contribution in [2.45, 2.75) is 26.2 Å². The Morgan fingerprint density at radius 2 is 2.07 bits per heavy atom. The third-order valence-electron chi connectivity index (χ3n) is 1.80. The van der Waals surface area contributed by atoms with E-state index in [-0.39, 0.29) is 18.6 Å². The van der Waals surface area contributed by atoms with E-state index in [9.17, 15) is 14.7 Å². The van der Waals surface area contributed by atoms with E-state index >= 15 is 0 Å². The number of aliphatic carboxylic acids is 1. The molecule has 1 rings (SSSR count). The van der Waals surface area contributed by atoms with Gasteiger partial charge in [-0.25, -0.2) is 0 Å². The number of rotatable bonds is 5. The van der Waals surface area contributed by atoms with E-state index in [0.29, 0.717) is 11.3 Å². The van der Waals surface area contributed by atoms with Crippen molar-refractivity contribution in [3.63, 3.8) is 0 Å². The van der Waals surface area contributed by atoms with Crippen molar-refractivity contribution in [1.29, 1.82) is 0 Å². The van der Waals surface area contributed by atoms with Crippen LogP contribution in [-0.4, -0.2) is 11.8 Å². The van der Waals surface area contributed by atoms with Crippen molar-refractivity contribution in [2.75, 3.05) is 0 Å². The van der Waals surface area contributed by atoms with Crippen LogP contribution in [0.5, 0.6) is 0 Å². The Hall–Kier alpha value is -1.16. The molecule has 1 aromatic heterocycles. The van der Waals surface area contributed by atoms with Gasteiger partial charge in [0.15, 0.2) is 5.78 Å². The fourth-order valence-electron chi connectivity index (χ4n) is 1.10. The molecule has 14 heavy (non-hydrogen) atoms. The molecule has 0 amide bonds. The minimum absolute atomic E-state index is 0.0179. The van der Waals surface area contributed by atoms with Gasteiger partial charge in [0.2, 0.25) is 0 Å². The van der Waals surface area contributed by atoms with Gasteiger partial charge in [-0.05, 0) is 31.9 Å². The minimum atomic E-state index is -1.10. The third-order valence-corrected chi connectivity index (χ3v) is 2.84. The second-order valence-corrected chi connectivity index (χ2v) is 4.35. The number of carboxylic acids is 1. The number of thiophene rings is 1. The maximum Gasteiger partial charge on any atom is 0.172 e. The summed E-state index contributed by atoms with van der Waals surface area (Å²) in [5.74, 6) is -1.08. The van der Waals surface area contributed by atoms with Crippen LogP contribution >= 0.6 is 11.3 Å². The highest BCUT2D eigenvalue weighted by molar-refractivity contribution is 7.14. The number of aryl methyl sites for hydroxylation is 1. The first-order chi connectivity index (χ1) is 6.59. The summed E-state index contributed by atoms with van der Waals surface area (Å²) in [6.45, 7) is 1.93. The predicted octanol–water partition coefficient (Wildman–Crippen LogP) is 1.16. The molecular weight excluding hydrogens is 200 g/mol. The second kappa shape index (κ2) is 4.91. The van der Waals surface area contributed by atoms with E-state index in [1.54, 1.807) is 6.07 Å². The number of Topliss-reactive ketones (excluding diaryl/α,β-unsaturated/α-hetero) is 1. The Morgan fingerprint density at radius 1 is 1.36 bits per heavy atom. The molecule has 0 radical (unpaired) electrons. The van der Waals surface area contributed by atoms with Gasteiger partial charge in [0.25, 0.3) is 0 Å². The average Bonchev–Trinajstić information content (AvgIpc) is 2.51. The molecule has 1 heterocycles. The SMILES string of the molecule is Cc1ccc(C(=O)CCCC(=O)[O-])s1. The number of carbonyl (C=O) groups excluding carboxylic acids is 2. The summed E-state index contributed by atoms with van der Waals surface area (Å²) in [6, 6.07) is 3.66. The maximum atomic E-state index is 11.4. The normalized spacial score (nSPS) is 10.1. The van der Waals surface area contributed by atoms with Gasteiger partial charge >= 0.3 is 0 Å². The molecule has 3 nitrogen and oxygen atoms in total. The van der Waals surface area contributed by atoms with Crippen molar-refractivity contribution < 1.29 is 14.7 Å². The zero-order valence-corrected chi connectivity index (χ0v) is 8.73. The van der Waals surface area contributed by atoms with Gasteiger partial charge in [-0.3, -0.25) is 4.79 Å². The molecule has 0 bridgehead atoms. The van der Waals surface area contributed by atoms with Gasteiger partial charge in [-0.15, -0.1) is 11.3 Å². The van der Waals surface area contributed by atoms with Crippen LogP contribution in [-0.2, 0) is 4.79 Å². The topological polar surface area (TPSA) is 57.2 Å². The van der Waals surface area contributed by atoms with E-state index in [0.717, 1.165) is 4.88 Å². The molecule has 0 aliphatic heterocycles. The van der Waals surface area contributed by atoms with Crippen molar-refractivity contribution in [1.82, 2.24) is 0 Å². The predicted molar refractivity (Wildman–Crippen MR) is 52.2 cm³/mol.